The van der Waals surface area contributed by atoms with Gasteiger partial charge in [-0.1, -0.05) is 97.1 Å². The van der Waals surface area contributed by atoms with Gasteiger partial charge < -0.3 is 13.7 Å². The van der Waals surface area contributed by atoms with Crippen LogP contribution in [0.2, 0.25) is 0 Å². The summed E-state index contributed by atoms with van der Waals surface area (Å²) in [6, 6.07) is 42.8. The largest absolute Gasteiger partial charge is 0.494 e. The smallest absolute Gasteiger partial charge is 0.436 e. The van der Waals surface area contributed by atoms with Crippen molar-refractivity contribution < 1.29 is 13.7 Å². The number of hydrogen-bond acceptors (Lipinski definition) is 4. The van der Waals surface area contributed by atoms with Gasteiger partial charge in [0.2, 0.25) is 5.89 Å². The van der Waals surface area contributed by atoms with Crippen LogP contribution in [0.3, 0.4) is 0 Å². The van der Waals surface area contributed by atoms with Crippen molar-refractivity contribution in [3.8, 4) is 22.6 Å². The molecule has 0 spiro atoms. The Morgan fingerprint density at radius 3 is 1.98 bits per heavy atom. The number of oxazole rings is 1. The molecule has 1 aliphatic carbocycles. The van der Waals surface area contributed by atoms with E-state index in [1.54, 1.807) is 0 Å². The molecule has 0 saturated carbocycles. The van der Waals surface area contributed by atoms with Crippen molar-refractivity contribution in [3.63, 3.8) is 0 Å². The zero-order chi connectivity index (χ0) is 29.4. The second-order valence-electron chi connectivity index (χ2n) is 12.6. The minimum Gasteiger partial charge on any atom is -0.436 e. The molecule has 1 fully saturated rings. The summed E-state index contributed by atoms with van der Waals surface area (Å²) >= 11 is 0. The van der Waals surface area contributed by atoms with E-state index >= 15 is 0 Å². The van der Waals surface area contributed by atoms with Crippen molar-refractivity contribution in [2.75, 3.05) is 0 Å². The van der Waals surface area contributed by atoms with Crippen LogP contribution in [0.15, 0.2) is 126 Å². The van der Waals surface area contributed by atoms with Crippen LogP contribution in [0.1, 0.15) is 49.9 Å². The summed E-state index contributed by atoms with van der Waals surface area (Å²) in [7, 11) is -0.434. The number of benzene rings is 5. The van der Waals surface area contributed by atoms with Crippen LogP contribution in [-0.2, 0) is 14.7 Å². The Morgan fingerprint density at radius 2 is 1.23 bits per heavy atom. The Hall–Kier alpha value is -4.45. The van der Waals surface area contributed by atoms with Crippen molar-refractivity contribution in [3.05, 3.63) is 144 Å². The third-order valence-corrected chi connectivity index (χ3v) is 9.64. The Bertz CT molecular complexity index is 1980. The normalized spacial score (nSPS) is 19.9. The molecule has 1 aliphatic heterocycles. The molecule has 5 heteroatoms. The van der Waals surface area contributed by atoms with E-state index in [1.807, 2.05) is 30.3 Å². The van der Waals surface area contributed by atoms with Crippen molar-refractivity contribution in [2.24, 2.45) is 0 Å². The average Bonchev–Trinajstić information content (AvgIpc) is 3.65. The minimum atomic E-state index is -0.546. The van der Waals surface area contributed by atoms with Crippen LogP contribution in [0.4, 0.5) is 0 Å². The maximum absolute atomic E-state index is 6.46. The summed E-state index contributed by atoms with van der Waals surface area (Å²) in [4.78, 5) is 4.82. The Kier molecular flexibility index (Phi) is 5.65. The number of nitrogens with zero attached hydrogens (tertiary/aromatic N) is 1. The van der Waals surface area contributed by atoms with Crippen molar-refractivity contribution >= 4 is 23.7 Å². The van der Waals surface area contributed by atoms with E-state index < -0.39 is 23.7 Å². The molecule has 1 aromatic heterocycles. The molecule has 2 aliphatic rings. The lowest BCUT2D eigenvalue weighted by Crippen LogP contribution is -2.41. The third kappa shape index (κ3) is 3.81. The second kappa shape index (κ2) is 9.28. The zero-order valence-corrected chi connectivity index (χ0v) is 24.8. The van der Waals surface area contributed by atoms with Gasteiger partial charge in [0.1, 0.15) is 5.52 Å². The molecule has 5 aromatic carbocycles. The lowest BCUT2D eigenvalue weighted by molar-refractivity contribution is 0.00578. The predicted molar refractivity (Wildman–Crippen MR) is 172 cm³/mol. The monoisotopic (exact) mass is 561 g/mol. The van der Waals surface area contributed by atoms with Gasteiger partial charge in [-0.3, -0.25) is 0 Å². The fraction of sp³-hybridized carbons (Fsp3) is 0.184. The molecule has 2 heterocycles. The zero-order valence-electron chi connectivity index (χ0n) is 24.8. The first kappa shape index (κ1) is 26.2. The van der Waals surface area contributed by atoms with Gasteiger partial charge in [0, 0.05) is 5.56 Å². The number of hydrogen-bond donors (Lipinski definition) is 0. The highest BCUT2D eigenvalue weighted by Gasteiger charge is 2.52. The van der Waals surface area contributed by atoms with Gasteiger partial charge in [0.05, 0.1) is 16.6 Å². The van der Waals surface area contributed by atoms with E-state index in [9.17, 15) is 0 Å². The van der Waals surface area contributed by atoms with Crippen LogP contribution in [0, 0.1) is 0 Å². The average molecular weight is 561 g/mol. The maximum atomic E-state index is 6.46. The first-order valence-corrected chi connectivity index (χ1v) is 14.9. The molecule has 210 valence electrons. The van der Waals surface area contributed by atoms with E-state index in [-0.39, 0.29) is 0 Å². The number of rotatable bonds is 4. The molecule has 4 nitrogen and oxygen atoms in total. The van der Waals surface area contributed by atoms with E-state index in [4.69, 9.17) is 18.7 Å². The SMILES string of the molecule is CC1(C)OB(c2ccc3c(c2)-c2ccccc2C3(c2ccccc2)c2ccc3nc(-c4ccccc4)oc3c2)OC1(C)C. The maximum Gasteiger partial charge on any atom is 0.494 e. The molecule has 1 atom stereocenters. The van der Waals surface area contributed by atoms with Crippen molar-refractivity contribution in [1.82, 2.24) is 4.98 Å². The third-order valence-electron chi connectivity index (χ3n) is 9.64. The summed E-state index contributed by atoms with van der Waals surface area (Å²) in [6.07, 6.45) is 0. The Balaban J connectivity index is 1.35. The molecular weight excluding hydrogens is 529 g/mol. The molecule has 8 rings (SSSR count). The van der Waals surface area contributed by atoms with E-state index in [0.717, 1.165) is 27.7 Å². The highest BCUT2D eigenvalue weighted by Crippen LogP contribution is 2.56. The predicted octanol–water partition coefficient (Wildman–Crippen LogP) is 8.16. The fourth-order valence-corrected chi connectivity index (χ4v) is 6.77. The molecule has 1 unspecified atom stereocenters. The Labute approximate surface area is 252 Å². The first-order chi connectivity index (χ1) is 20.8. The van der Waals surface area contributed by atoms with Crippen LogP contribution in [0.25, 0.3) is 33.7 Å². The van der Waals surface area contributed by atoms with Crippen LogP contribution < -0.4 is 5.46 Å². The van der Waals surface area contributed by atoms with E-state index in [0.29, 0.717) is 5.89 Å². The Morgan fingerprint density at radius 1 is 0.581 bits per heavy atom. The number of fused-ring (bicyclic) bond motifs is 4. The summed E-state index contributed by atoms with van der Waals surface area (Å²) in [6.45, 7) is 8.38. The molecule has 0 N–H and O–H groups in total. The molecule has 1 saturated heterocycles. The molecule has 0 radical (unpaired) electrons. The van der Waals surface area contributed by atoms with Crippen LogP contribution in [-0.4, -0.2) is 23.3 Å². The lowest BCUT2D eigenvalue weighted by Gasteiger charge is -2.33. The van der Waals surface area contributed by atoms with Gasteiger partial charge in [-0.2, -0.15) is 0 Å². The molecule has 6 aromatic rings. The van der Waals surface area contributed by atoms with Crippen LogP contribution in [0.5, 0.6) is 0 Å². The van der Waals surface area contributed by atoms with Gasteiger partial charge in [0.25, 0.3) is 0 Å². The van der Waals surface area contributed by atoms with Gasteiger partial charge in [0.15, 0.2) is 5.58 Å². The number of aromatic nitrogens is 1. The lowest BCUT2D eigenvalue weighted by atomic mass is 9.67. The minimum absolute atomic E-state index is 0.409. The fourth-order valence-electron chi connectivity index (χ4n) is 6.77. The van der Waals surface area contributed by atoms with Gasteiger partial charge in [-0.15, -0.1) is 0 Å². The van der Waals surface area contributed by atoms with E-state index in [1.165, 1.54) is 27.8 Å². The first-order valence-electron chi connectivity index (χ1n) is 14.9. The van der Waals surface area contributed by atoms with Gasteiger partial charge in [-0.05, 0) is 90.8 Å². The summed E-state index contributed by atoms with van der Waals surface area (Å²) in [5.41, 5.74) is 9.43. The summed E-state index contributed by atoms with van der Waals surface area (Å²) < 4.78 is 19.3. The standard InChI is InChI=1S/C38H32BNO3/c1-36(2)37(3,4)43-39(42-36)28-20-21-32-30(24-28)29-17-11-12-18-31(29)38(32,26-15-9-6-10-16-26)27-19-22-33-34(23-27)41-35(40-33)25-13-7-5-8-14-25/h5-24H,1-4H3. The van der Waals surface area contributed by atoms with Gasteiger partial charge >= 0.3 is 7.12 Å². The van der Waals surface area contributed by atoms with Crippen molar-refractivity contribution in [1.29, 1.82) is 0 Å². The molecule has 43 heavy (non-hydrogen) atoms. The molecule has 0 bridgehead atoms. The van der Waals surface area contributed by atoms with Crippen molar-refractivity contribution in [2.45, 2.75) is 44.3 Å². The summed E-state index contributed by atoms with van der Waals surface area (Å²) in [5, 5.41) is 0. The molecular formula is C38H32BNO3. The topological polar surface area (TPSA) is 44.5 Å². The summed E-state index contributed by atoms with van der Waals surface area (Å²) in [5.74, 6) is 0.626. The van der Waals surface area contributed by atoms with Crippen LogP contribution >= 0.6 is 0 Å². The second-order valence-corrected chi connectivity index (χ2v) is 12.6. The highest BCUT2D eigenvalue weighted by atomic mass is 16.7. The van der Waals surface area contributed by atoms with Gasteiger partial charge in [-0.25, -0.2) is 4.98 Å². The quantitative estimate of drug-likeness (QED) is 0.204. The highest BCUT2D eigenvalue weighted by molar-refractivity contribution is 6.62. The molecule has 0 amide bonds. The van der Waals surface area contributed by atoms with E-state index in [2.05, 4.69) is 119 Å².